The van der Waals surface area contributed by atoms with E-state index in [1.54, 1.807) is 39.2 Å². The smallest absolute Gasteiger partial charge is 0.239 e. The zero-order valence-electron chi connectivity index (χ0n) is 13.0. The highest BCUT2D eigenvalue weighted by molar-refractivity contribution is 5.81. The first-order valence-electron chi connectivity index (χ1n) is 6.83. The predicted octanol–water partition coefficient (Wildman–Crippen LogP) is 0.947. The van der Waals surface area contributed by atoms with Crippen LogP contribution in [0.4, 0.5) is 5.69 Å². The van der Waals surface area contributed by atoms with Gasteiger partial charge in [0, 0.05) is 32.0 Å². The van der Waals surface area contributed by atoms with Gasteiger partial charge in [-0.3, -0.25) is 4.79 Å². The lowest BCUT2D eigenvalue weighted by atomic mass is 10.1. The fraction of sp³-hybridized carbons (Fsp3) is 0.533. The SMILES string of the molecule is COCCNC(=O)CN(C)c1cccc(OC)c1[C@@H](C)O. The molecule has 6 nitrogen and oxygen atoms in total. The molecule has 0 heterocycles. The Hall–Kier alpha value is -1.79. The summed E-state index contributed by atoms with van der Waals surface area (Å²) in [6.07, 6.45) is -0.685. The highest BCUT2D eigenvalue weighted by atomic mass is 16.5. The first-order valence-corrected chi connectivity index (χ1v) is 6.83. The number of ether oxygens (including phenoxy) is 2. The van der Waals surface area contributed by atoms with Crippen LogP contribution in [-0.2, 0) is 9.53 Å². The molecule has 0 spiro atoms. The quantitative estimate of drug-likeness (QED) is 0.699. The Bertz CT molecular complexity index is 463. The maximum Gasteiger partial charge on any atom is 0.239 e. The minimum atomic E-state index is -0.685. The second-order valence-electron chi connectivity index (χ2n) is 4.77. The van der Waals surface area contributed by atoms with Crippen LogP contribution in [0.1, 0.15) is 18.6 Å². The highest BCUT2D eigenvalue weighted by Gasteiger charge is 2.18. The first kappa shape index (κ1) is 17.3. The summed E-state index contributed by atoms with van der Waals surface area (Å²) in [6, 6.07) is 5.48. The number of benzene rings is 1. The Morgan fingerprint density at radius 1 is 1.43 bits per heavy atom. The van der Waals surface area contributed by atoms with Gasteiger partial charge in [-0.05, 0) is 19.1 Å². The maximum absolute atomic E-state index is 11.8. The van der Waals surface area contributed by atoms with Gasteiger partial charge in [-0.1, -0.05) is 6.07 Å². The van der Waals surface area contributed by atoms with Gasteiger partial charge in [0.15, 0.2) is 0 Å². The van der Waals surface area contributed by atoms with Crippen molar-refractivity contribution in [2.75, 3.05) is 45.9 Å². The lowest BCUT2D eigenvalue weighted by molar-refractivity contribution is -0.119. The van der Waals surface area contributed by atoms with Crippen LogP contribution < -0.4 is 15.0 Å². The molecule has 1 aromatic carbocycles. The van der Waals surface area contributed by atoms with Crippen LogP contribution in [0.15, 0.2) is 18.2 Å². The molecule has 0 radical (unpaired) electrons. The number of carbonyl (C=O) groups excluding carboxylic acids is 1. The summed E-state index contributed by atoms with van der Waals surface area (Å²) in [5, 5.41) is 12.7. The molecule has 6 heteroatoms. The summed E-state index contributed by atoms with van der Waals surface area (Å²) in [6.45, 7) is 2.82. The van der Waals surface area contributed by atoms with Crippen LogP contribution in [0.3, 0.4) is 0 Å². The summed E-state index contributed by atoms with van der Waals surface area (Å²) in [4.78, 5) is 13.6. The maximum atomic E-state index is 11.8. The molecule has 0 aliphatic heterocycles. The molecule has 0 aliphatic carbocycles. The van der Waals surface area contributed by atoms with Crippen molar-refractivity contribution >= 4 is 11.6 Å². The number of anilines is 1. The summed E-state index contributed by atoms with van der Waals surface area (Å²) >= 11 is 0. The summed E-state index contributed by atoms with van der Waals surface area (Å²) in [5.74, 6) is 0.503. The predicted molar refractivity (Wildman–Crippen MR) is 81.8 cm³/mol. The molecule has 0 bridgehead atoms. The Kier molecular flexibility index (Phi) is 6.98. The summed E-state index contributed by atoms with van der Waals surface area (Å²) < 4.78 is 10.2. The van der Waals surface area contributed by atoms with Crippen molar-refractivity contribution in [2.24, 2.45) is 0 Å². The van der Waals surface area contributed by atoms with Crippen molar-refractivity contribution in [3.63, 3.8) is 0 Å². The van der Waals surface area contributed by atoms with E-state index in [0.29, 0.717) is 24.5 Å². The molecule has 0 unspecified atom stereocenters. The minimum absolute atomic E-state index is 0.103. The highest BCUT2D eigenvalue weighted by Crippen LogP contribution is 2.33. The molecule has 21 heavy (non-hydrogen) atoms. The Balaban J connectivity index is 2.82. The van der Waals surface area contributed by atoms with E-state index in [4.69, 9.17) is 9.47 Å². The number of aliphatic hydroxyl groups is 1. The normalized spacial score (nSPS) is 11.9. The van der Waals surface area contributed by atoms with Gasteiger partial charge < -0.3 is 24.8 Å². The number of nitrogens with one attached hydrogen (secondary N) is 1. The van der Waals surface area contributed by atoms with E-state index in [1.165, 1.54) is 0 Å². The molecule has 0 saturated carbocycles. The van der Waals surface area contributed by atoms with Crippen LogP contribution in [0.5, 0.6) is 5.75 Å². The van der Waals surface area contributed by atoms with Crippen molar-refractivity contribution in [3.05, 3.63) is 23.8 Å². The third kappa shape index (κ3) is 4.91. The number of carbonyl (C=O) groups is 1. The molecule has 1 atom stereocenters. The summed E-state index contributed by atoms with van der Waals surface area (Å²) in [5.41, 5.74) is 1.44. The van der Waals surface area contributed by atoms with Crippen molar-refractivity contribution in [1.82, 2.24) is 5.32 Å². The number of methoxy groups -OCH3 is 2. The molecule has 1 amide bonds. The largest absolute Gasteiger partial charge is 0.496 e. The summed E-state index contributed by atoms with van der Waals surface area (Å²) in [7, 11) is 4.95. The van der Waals surface area contributed by atoms with E-state index in [9.17, 15) is 9.90 Å². The van der Waals surface area contributed by atoms with Gasteiger partial charge in [0.1, 0.15) is 5.75 Å². The van der Waals surface area contributed by atoms with Gasteiger partial charge in [-0.25, -0.2) is 0 Å². The van der Waals surface area contributed by atoms with Gasteiger partial charge in [0.05, 0.1) is 26.4 Å². The van der Waals surface area contributed by atoms with E-state index in [0.717, 1.165) is 5.69 Å². The molecular weight excluding hydrogens is 272 g/mol. The van der Waals surface area contributed by atoms with E-state index >= 15 is 0 Å². The molecule has 0 aliphatic rings. The van der Waals surface area contributed by atoms with E-state index in [1.807, 2.05) is 12.1 Å². The third-order valence-corrected chi connectivity index (χ3v) is 3.10. The molecule has 0 fully saturated rings. The van der Waals surface area contributed by atoms with Crippen LogP contribution in [-0.4, -0.2) is 52.0 Å². The van der Waals surface area contributed by atoms with Crippen molar-refractivity contribution < 1.29 is 19.4 Å². The van der Waals surface area contributed by atoms with Crippen molar-refractivity contribution in [1.29, 1.82) is 0 Å². The Morgan fingerprint density at radius 2 is 2.14 bits per heavy atom. The standard InChI is InChI=1S/C15H24N2O4/c1-11(18)15-12(6-5-7-13(15)21-4)17(2)10-14(19)16-8-9-20-3/h5-7,11,18H,8-10H2,1-4H3,(H,16,19)/t11-/m1/s1. The number of likely N-dealkylation sites (N-methyl/N-ethyl adjacent to an activating group) is 1. The Labute approximate surface area is 125 Å². The molecule has 1 aromatic rings. The fourth-order valence-corrected chi connectivity index (χ4v) is 2.11. The number of amides is 1. The second-order valence-corrected chi connectivity index (χ2v) is 4.77. The van der Waals surface area contributed by atoms with Gasteiger partial charge in [-0.15, -0.1) is 0 Å². The zero-order valence-corrected chi connectivity index (χ0v) is 13.0. The number of rotatable bonds is 8. The number of aliphatic hydroxyl groups excluding tert-OH is 1. The minimum Gasteiger partial charge on any atom is -0.496 e. The number of hydrogen-bond donors (Lipinski definition) is 2. The van der Waals surface area contributed by atoms with Crippen molar-refractivity contribution in [3.8, 4) is 5.75 Å². The van der Waals surface area contributed by atoms with Crippen molar-refractivity contribution in [2.45, 2.75) is 13.0 Å². The first-order chi connectivity index (χ1) is 10.0. The average molecular weight is 296 g/mol. The average Bonchev–Trinajstić information content (AvgIpc) is 2.46. The molecule has 1 rings (SSSR count). The monoisotopic (exact) mass is 296 g/mol. The van der Waals surface area contributed by atoms with E-state index in [2.05, 4.69) is 5.32 Å². The van der Waals surface area contributed by atoms with Gasteiger partial charge in [0.25, 0.3) is 0 Å². The molecule has 0 saturated heterocycles. The topological polar surface area (TPSA) is 71.0 Å². The number of nitrogens with zero attached hydrogens (tertiary/aromatic N) is 1. The fourth-order valence-electron chi connectivity index (χ4n) is 2.11. The van der Waals surface area contributed by atoms with Gasteiger partial charge in [-0.2, -0.15) is 0 Å². The van der Waals surface area contributed by atoms with E-state index in [-0.39, 0.29) is 12.5 Å². The van der Waals surface area contributed by atoms with Crippen LogP contribution in [0.25, 0.3) is 0 Å². The lowest BCUT2D eigenvalue weighted by Gasteiger charge is -2.24. The van der Waals surface area contributed by atoms with Gasteiger partial charge in [0.2, 0.25) is 5.91 Å². The molecular formula is C15H24N2O4. The van der Waals surface area contributed by atoms with Crippen LogP contribution in [0, 0.1) is 0 Å². The van der Waals surface area contributed by atoms with Crippen LogP contribution >= 0.6 is 0 Å². The Morgan fingerprint density at radius 3 is 2.71 bits per heavy atom. The van der Waals surface area contributed by atoms with E-state index < -0.39 is 6.10 Å². The third-order valence-electron chi connectivity index (χ3n) is 3.10. The molecule has 118 valence electrons. The van der Waals surface area contributed by atoms with Crippen LogP contribution in [0.2, 0.25) is 0 Å². The lowest BCUT2D eigenvalue weighted by Crippen LogP contribution is -2.37. The van der Waals surface area contributed by atoms with Gasteiger partial charge >= 0.3 is 0 Å². The molecule has 2 N–H and O–H groups in total. The zero-order chi connectivity index (χ0) is 15.8. The number of hydrogen-bond acceptors (Lipinski definition) is 5. The second kappa shape index (κ2) is 8.49. The molecule has 0 aromatic heterocycles.